The van der Waals surface area contributed by atoms with E-state index in [0.717, 1.165) is 6.33 Å². The van der Waals surface area contributed by atoms with Crippen molar-refractivity contribution in [1.29, 1.82) is 0 Å². The fourth-order valence-electron chi connectivity index (χ4n) is 3.39. The van der Waals surface area contributed by atoms with Crippen molar-refractivity contribution in [2.24, 2.45) is 0 Å². The van der Waals surface area contributed by atoms with Crippen LogP contribution in [-0.2, 0) is 31.6 Å². The van der Waals surface area contributed by atoms with Crippen LogP contribution in [-0.4, -0.2) is 70.4 Å². The third kappa shape index (κ3) is 5.47. The lowest BCUT2D eigenvalue weighted by molar-refractivity contribution is -0.776. The molecule has 1 fully saturated rings. The summed E-state index contributed by atoms with van der Waals surface area (Å²) in [4.78, 5) is 39.7. The van der Waals surface area contributed by atoms with Gasteiger partial charge in [-0.2, -0.15) is 8.62 Å². The second-order valence-corrected chi connectivity index (χ2v) is 11.2. The molecule has 17 nitrogen and oxygen atoms in total. The van der Waals surface area contributed by atoms with Gasteiger partial charge in [0.2, 0.25) is 11.9 Å². The zero-order chi connectivity index (χ0) is 24.8. The zero-order valence-electron chi connectivity index (χ0n) is 16.3. The van der Waals surface area contributed by atoms with Crippen molar-refractivity contribution >= 4 is 35.4 Å². The molecule has 0 aliphatic carbocycles. The number of anilines is 1. The van der Waals surface area contributed by atoms with Crippen LogP contribution in [0.2, 0.25) is 0 Å². The summed E-state index contributed by atoms with van der Waals surface area (Å²) >= 11 is 0. The standard InChI is InChI=1S/C13H19N4O13P3/c1-2-13(9-4-3-7-12(14)15-6-16-17(7)9)11(19)10(18)8(28-13)5-27-32(23,24)30-33(25,26)29-31(20,21)22/h2-4,6,8-11,18-19H,1,5H2,(H5-,14,15,16,20,21,22,23,24,25,26)/p+1/t8-,9?,10-,11-,13+/m1/s1. The predicted octanol–water partition coefficient (Wildman–Crippen LogP) is -1.70. The Kier molecular flexibility index (Phi) is 7.13. The van der Waals surface area contributed by atoms with Gasteiger partial charge in [-0.3, -0.25) is 4.52 Å². The molecule has 8 N–H and O–H groups in total. The summed E-state index contributed by atoms with van der Waals surface area (Å²) in [6, 6.07) is -0.878. The molecule has 0 amide bonds. The molecule has 33 heavy (non-hydrogen) atoms. The van der Waals surface area contributed by atoms with Gasteiger partial charge in [-0.25, -0.2) is 18.7 Å². The van der Waals surface area contributed by atoms with Crippen LogP contribution < -0.4 is 10.4 Å². The lowest BCUT2D eigenvalue weighted by Gasteiger charge is -2.29. The predicted molar refractivity (Wildman–Crippen MR) is 104 cm³/mol. The van der Waals surface area contributed by atoms with Crippen LogP contribution in [0.3, 0.4) is 0 Å². The van der Waals surface area contributed by atoms with Crippen LogP contribution in [0.5, 0.6) is 0 Å². The molecule has 0 spiro atoms. The highest BCUT2D eigenvalue weighted by Gasteiger charge is 2.62. The van der Waals surface area contributed by atoms with E-state index in [4.69, 9.17) is 20.3 Å². The number of aromatic nitrogens is 3. The number of hydrogen-bond acceptors (Lipinski definition) is 12. The maximum absolute atomic E-state index is 11.9. The minimum Gasteiger partial charge on any atom is -0.387 e. The summed E-state index contributed by atoms with van der Waals surface area (Å²) in [6.45, 7) is 2.64. The number of rotatable bonds is 9. The van der Waals surface area contributed by atoms with Crippen LogP contribution in [0.4, 0.5) is 5.82 Å². The number of fused-ring (bicyclic) bond motifs is 1. The highest BCUT2D eigenvalue weighted by molar-refractivity contribution is 7.66. The number of phosphoric ester groups is 1. The van der Waals surface area contributed by atoms with Gasteiger partial charge in [0.05, 0.1) is 6.61 Å². The molecule has 20 heteroatoms. The maximum Gasteiger partial charge on any atom is 0.490 e. The van der Waals surface area contributed by atoms with E-state index in [2.05, 4.69) is 29.8 Å². The molecule has 1 aromatic heterocycles. The molecule has 0 aromatic carbocycles. The SMILES string of the molecule is C=C[C@@]1(C2C=Cc3c(N)ncn[n+]32)O[C@H](COP(=O)(O)OP(=O)(O)OP(=O)(O)O)[C@@H](O)[C@H]1O. The number of ether oxygens (including phenoxy) is 1. The van der Waals surface area contributed by atoms with E-state index in [1.807, 2.05) is 0 Å². The Hall–Kier alpha value is -1.42. The Morgan fingerprint density at radius 1 is 1.21 bits per heavy atom. The maximum atomic E-state index is 11.9. The molecule has 1 aromatic rings. The number of phosphoric acid groups is 3. The van der Waals surface area contributed by atoms with Gasteiger partial charge in [-0.1, -0.05) is 17.3 Å². The van der Waals surface area contributed by atoms with Crippen molar-refractivity contribution in [3.8, 4) is 0 Å². The van der Waals surface area contributed by atoms with Gasteiger partial charge >= 0.3 is 23.5 Å². The van der Waals surface area contributed by atoms with E-state index in [0.29, 0.717) is 5.69 Å². The molecular formula is C13H20N4O13P3+. The normalized spacial score (nSPS) is 32.8. The lowest BCUT2D eigenvalue weighted by atomic mass is 9.87. The van der Waals surface area contributed by atoms with Gasteiger partial charge < -0.3 is 40.3 Å². The summed E-state index contributed by atoms with van der Waals surface area (Å²) in [7, 11) is -16.8. The van der Waals surface area contributed by atoms with Crippen LogP contribution in [0, 0.1) is 0 Å². The third-order valence-electron chi connectivity index (χ3n) is 4.70. The van der Waals surface area contributed by atoms with Crippen molar-refractivity contribution in [2.45, 2.75) is 30.0 Å². The van der Waals surface area contributed by atoms with E-state index < -0.39 is 60.0 Å². The lowest BCUT2D eigenvalue weighted by Crippen LogP contribution is -2.58. The smallest absolute Gasteiger partial charge is 0.387 e. The van der Waals surface area contributed by atoms with E-state index in [1.165, 1.54) is 10.8 Å². The number of nitrogen functional groups attached to an aromatic ring is 1. The monoisotopic (exact) mass is 533 g/mol. The molecule has 3 rings (SSSR count). The van der Waals surface area contributed by atoms with Crippen LogP contribution in [0.1, 0.15) is 11.7 Å². The molecule has 3 heterocycles. The fourth-order valence-corrected chi connectivity index (χ4v) is 6.42. The highest BCUT2D eigenvalue weighted by Crippen LogP contribution is 2.66. The highest BCUT2D eigenvalue weighted by atomic mass is 31.3. The topological polar surface area (TPSA) is 265 Å². The summed E-state index contributed by atoms with van der Waals surface area (Å²) in [6.07, 6.45) is 0.554. The molecule has 0 saturated carbocycles. The van der Waals surface area contributed by atoms with Crippen LogP contribution >= 0.6 is 23.5 Å². The van der Waals surface area contributed by atoms with Crippen molar-refractivity contribution < 1.29 is 66.0 Å². The van der Waals surface area contributed by atoms with E-state index in [9.17, 15) is 33.7 Å². The number of aliphatic hydroxyl groups excluding tert-OH is 2. The average molecular weight is 533 g/mol. The van der Waals surface area contributed by atoms with Crippen molar-refractivity contribution in [2.75, 3.05) is 12.3 Å². The third-order valence-corrected chi connectivity index (χ3v) is 8.51. The Bertz CT molecular complexity index is 1110. The Labute approximate surface area is 185 Å². The Balaban J connectivity index is 1.76. The van der Waals surface area contributed by atoms with Crippen LogP contribution in [0.25, 0.3) is 6.08 Å². The van der Waals surface area contributed by atoms with Gasteiger partial charge in [0, 0.05) is 11.2 Å². The van der Waals surface area contributed by atoms with Crippen molar-refractivity contribution in [3.05, 3.63) is 30.8 Å². The molecule has 3 unspecified atom stereocenters. The van der Waals surface area contributed by atoms with Gasteiger partial charge in [-0.15, -0.1) is 0 Å². The molecule has 0 bridgehead atoms. The first-order chi connectivity index (χ1) is 15.1. The number of hydrogen-bond donors (Lipinski definition) is 7. The van der Waals surface area contributed by atoms with Gasteiger partial charge in [0.1, 0.15) is 18.3 Å². The van der Waals surface area contributed by atoms with E-state index >= 15 is 0 Å². The first-order valence-corrected chi connectivity index (χ1v) is 13.3. The van der Waals surface area contributed by atoms with Gasteiger partial charge in [0.15, 0.2) is 11.9 Å². The Morgan fingerprint density at radius 2 is 1.88 bits per heavy atom. The molecular weight excluding hydrogens is 513 g/mol. The molecule has 1 saturated heterocycles. The quantitative estimate of drug-likeness (QED) is 0.106. The van der Waals surface area contributed by atoms with Crippen LogP contribution in [0.15, 0.2) is 25.1 Å². The number of aliphatic hydroxyl groups is 2. The zero-order valence-corrected chi connectivity index (χ0v) is 19.0. The molecule has 2 aliphatic rings. The molecule has 184 valence electrons. The average Bonchev–Trinajstić information content (AvgIpc) is 3.20. The number of nitrogens with zero attached hydrogens (tertiary/aromatic N) is 3. The van der Waals surface area contributed by atoms with Crippen molar-refractivity contribution in [3.63, 3.8) is 0 Å². The molecule has 0 radical (unpaired) electrons. The second kappa shape index (κ2) is 8.98. The minimum absolute atomic E-state index is 0.125. The summed E-state index contributed by atoms with van der Waals surface area (Å²) < 4.78 is 52.8. The first kappa shape index (κ1) is 26.2. The molecule has 7 atom stereocenters. The van der Waals surface area contributed by atoms with Crippen molar-refractivity contribution in [1.82, 2.24) is 10.1 Å². The number of nitrogens with two attached hydrogens (primary N) is 1. The fraction of sp³-hybridized carbons (Fsp3) is 0.462. The second-order valence-electron chi connectivity index (χ2n) is 6.82. The van der Waals surface area contributed by atoms with Gasteiger partial charge in [0.25, 0.3) is 5.69 Å². The first-order valence-electron chi connectivity index (χ1n) is 8.77. The Morgan fingerprint density at radius 3 is 2.48 bits per heavy atom. The molecule has 2 aliphatic heterocycles. The van der Waals surface area contributed by atoms with Gasteiger partial charge in [-0.05, 0) is 6.08 Å². The van der Waals surface area contributed by atoms with E-state index in [-0.39, 0.29) is 5.82 Å². The summed E-state index contributed by atoms with van der Waals surface area (Å²) in [5.41, 5.74) is 4.45. The minimum atomic E-state index is -5.72. The summed E-state index contributed by atoms with van der Waals surface area (Å²) in [5.74, 6) is 0.125. The van der Waals surface area contributed by atoms with E-state index in [1.54, 1.807) is 12.2 Å². The summed E-state index contributed by atoms with van der Waals surface area (Å²) in [5, 5.41) is 25.2. The largest absolute Gasteiger partial charge is 0.490 e.